The number of aromatic amines is 1. The van der Waals surface area contributed by atoms with Gasteiger partial charge >= 0.3 is 0 Å². The summed E-state index contributed by atoms with van der Waals surface area (Å²) in [7, 11) is 0. The minimum atomic E-state index is -0.0280. The summed E-state index contributed by atoms with van der Waals surface area (Å²) in [6.45, 7) is 0.299. The molecule has 0 radical (unpaired) electrons. The number of carbonyl (C=O) groups excluding carboxylic acids is 1. The van der Waals surface area contributed by atoms with Crippen LogP contribution in [0.5, 0.6) is 0 Å². The highest BCUT2D eigenvalue weighted by atomic mass is 79.9. The molecular weight excluding hydrogens is 298 g/mol. The van der Waals surface area contributed by atoms with Crippen molar-refractivity contribution in [1.29, 1.82) is 0 Å². The van der Waals surface area contributed by atoms with Gasteiger partial charge in [-0.1, -0.05) is 33.3 Å². The van der Waals surface area contributed by atoms with E-state index in [1.165, 1.54) is 0 Å². The van der Waals surface area contributed by atoms with Gasteiger partial charge in [-0.05, 0) is 24.1 Å². The van der Waals surface area contributed by atoms with Crippen molar-refractivity contribution in [2.45, 2.75) is 19.4 Å². The fourth-order valence-electron chi connectivity index (χ4n) is 1.47. The van der Waals surface area contributed by atoms with Gasteiger partial charge < -0.3 is 5.32 Å². The van der Waals surface area contributed by atoms with E-state index in [0.29, 0.717) is 25.2 Å². The van der Waals surface area contributed by atoms with E-state index in [1.54, 1.807) is 0 Å². The molecule has 1 aromatic heterocycles. The highest BCUT2D eigenvalue weighted by molar-refractivity contribution is 9.10. The zero-order valence-corrected chi connectivity index (χ0v) is 11.1. The first-order chi connectivity index (χ1) is 8.74. The smallest absolute Gasteiger partial charge is 0.220 e. The number of amides is 1. The maximum atomic E-state index is 11.6. The van der Waals surface area contributed by atoms with Crippen LogP contribution in [0.15, 0.2) is 28.7 Å². The Hall–Kier alpha value is -1.76. The summed E-state index contributed by atoms with van der Waals surface area (Å²) in [6.07, 6.45) is 1.14. The molecule has 0 saturated heterocycles. The standard InChI is InChI=1S/C11H12BrN5O/c12-9-3-1-2-8(6-9)4-5-11(18)13-7-10-14-16-17-15-10/h1-3,6H,4-5,7H2,(H,13,18)(H,14,15,16,17). The van der Waals surface area contributed by atoms with E-state index in [0.717, 1.165) is 10.0 Å². The summed E-state index contributed by atoms with van der Waals surface area (Å²) in [4.78, 5) is 11.6. The highest BCUT2D eigenvalue weighted by Crippen LogP contribution is 2.12. The van der Waals surface area contributed by atoms with E-state index in [-0.39, 0.29) is 5.91 Å². The number of tetrazole rings is 1. The Kier molecular flexibility index (Phi) is 4.40. The minimum absolute atomic E-state index is 0.0280. The van der Waals surface area contributed by atoms with Crippen LogP contribution in [0.3, 0.4) is 0 Å². The SMILES string of the molecule is O=C(CCc1cccc(Br)c1)NCc1nn[nH]n1. The van der Waals surface area contributed by atoms with Crippen molar-refractivity contribution in [3.8, 4) is 0 Å². The van der Waals surface area contributed by atoms with E-state index in [9.17, 15) is 4.79 Å². The third-order valence-corrected chi connectivity index (χ3v) is 2.86. The van der Waals surface area contributed by atoms with Gasteiger partial charge in [-0.25, -0.2) is 0 Å². The Balaban J connectivity index is 1.75. The molecule has 1 aromatic carbocycles. The van der Waals surface area contributed by atoms with Gasteiger partial charge in [0.15, 0.2) is 5.82 Å². The molecule has 0 bridgehead atoms. The second kappa shape index (κ2) is 6.25. The number of carbonyl (C=O) groups is 1. The molecule has 2 N–H and O–H groups in total. The summed E-state index contributed by atoms with van der Waals surface area (Å²) in [6, 6.07) is 7.92. The molecule has 0 atom stereocenters. The summed E-state index contributed by atoms with van der Waals surface area (Å²) >= 11 is 3.40. The van der Waals surface area contributed by atoms with Crippen molar-refractivity contribution in [3.05, 3.63) is 40.1 Å². The lowest BCUT2D eigenvalue weighted by atomic mass is 10.1. The van der Waals surface area contributed by atoms with Crippen molar-refractivity contribution in [2.24, 2.45) is 0 Å². The first kappa shape index (κ1) is 12.7. The molecule has 2 rings (SSSR count). The van der Waals surface area contributed by atoms with E-state index in [4.69, 9.17) is 0 Å². The average molecular weight is 310 g/mol. The van der Waals surface area contributed by atoms with Crippen LogP contribution in [0.4, 0.5) is 0 Å². The first-order valence-electron chi connectivity index (χ1n) is 5.47. The van der Waals surface area contributed by atoms with Crippen LogP contribution in [0.1, 0.15) is 17.8 Å². The van der Waals surface area contributed by atoms with Crippen LogP contribution in [0.2, 0.25) is 0 Å². The second-order valence-corrected chi connectivity index (χ2v) is 4.65. The Morgan fingerprint density at radius 2 is 2.33 bits per heavy atom. The lowest BCUT2D eigenvalue weighted by Crippen LogP contribution is -2.23. The molecular formula is C11H12BrN5O. The number of rotatable bonds is 5. The first-order valence-corrected chi connectivity index (χ1v) is 6.27. The third kappa shape index (κ3) is 3.92. The van der Waals surface area contributed by atoms with Gasteiger partial charge in [-0.2, -0.15) is 5.21 Å². The summed E-state index contributed by atoms with van der Waals surface area (Å²) in [5.74, 6) is 0.450. The predicted molar refractivity (Wildman–Crippen MR) is 68.5 cm³/mol. The highest BCUT2D eigenvalue weighted by Gasteiger charge is 2.04. The summed E-state index contributed by atoms with van der Waals surface area (Å²) < 4.78 is 1.02. The summed E-state index contributed by atoms with van der Waals surface area (Å²) in [5, 5.41) is 16.0. The van der Waals surface area contributed by atoms with E-state index >= 15 is 0 Å². The molecule has 0 unspecified atom stereocenters. The van der Waals surface area contributed by atoms with Crippen molar-refractivity contribution in [3.63, 3.8) is 0 Å². The third-order valence-electron chi connectivity index (χ3n) is 2.36. The van der Waals surface area contributed by atoms with E-state index < -0.39 is 0 Å². The maximum Gasteiger partial charge on any atom is 0.220 e. The maximum absolute atomic E-state index is 11.6. The largest absolute Gasteiger partial charge is 0.349 e. The van der Waals surface area contributed by atoms with Crippen LogP contribution in [-0.2, 0) is 17.8 Å². The molecule has 2 aromatic rings. The van der Waals surface area contributed by atoms with Gasteiger partial charge in [0.05, 0.1) is 6.54 Å². The number of aromatic nitrogens is 4. The Morgan fingerprint density at radius 1 is 1.44 bits per heavy atom. The quantitative estimate of drug-likeness (QED) is 0.869. The second-order valence-electron chi connectivity index (χ2n) is 3.73. The van der Waals surface area contributed by atoms with Crippen LogP contribution in [-0.4, -0.2) is 26.5 Å². The van der Waals surface area contributed by atoms with Gasteiger partial charge in [0, 0.05) is 10.9 Å². The predicted octanol–water partition coefficient (Wildman–Crippen LogP) is 1.21. The molecule has 0 fully saturated rings. The number of halogens is 1. The number of H-pyrrole nitrogens is 1. The fraction of sp³-hybridized carbons (Fsp3) is 0.273. The molecule has 7 heteroatoms. The van der Waals surface area contributed by atoms with Crippen molar-refractivity contribution in [2.75, 3.05) is 0 Å². The lowest BCUT2D eigenvalue weighted by Gasteiger charge is -2.03. The average Bonchev–Trinajstić information content (AvgIpc) is 2.87. The molecule has 94 valence electrons. The monoisotopic (exact) mass is 309 g/mol. The molecule has 0 saturated carbocycles. The number of hydrogen-bond donors (Lipinski definition) is 2. The minimum Gasteiger partial charge on any atom is -0.349 e. The van der Waals surface area contributed by atoms with Gasteiger partial charge in [0.25, 0.3) is 0 Å². The van der Waals surface area contributed by atoms with Gasteiger partial charge in [-0.15, -0.1) is 10.2 Å². The lowest BCUT2D eigenvalue weighted by molar-refractivity contribution is -0.121. The summed E-state index contributed by atoms with van der Waals surface area (Å²) in [5.41, 5.74) is 1.12. The molecule has 18 heavy (non-hydrogen) atoms. The van der Waals surface area contributed by atoms with Gasteiger partial charge in [0.2, 0.25) is 5.91 Å². The van der Waals surface area contributed by atoms with Crippen LogP contribution in [0.25, 0.3) is 0 Å². The van der Waals surface area contributed by atoms with Gasteiger partial charge in [0.1, 0.15) is 0 Å². The van der Waals surface area contributed by atoms with Crippen LogP contribution < -0.4 is 5.32 Å². The van der Waals surface area contributed by atoms with Crippen molar-refractivity contribution in [1.82, 2.24) is 25.9 Å². The molecule has 1 amide bonds. The normalized spacial score (nSPS) is 10.3. The molecule has 6 nitrogen and oxygen atoms in total. The Bertz CT molecular complexity index is 514. The molecule has 0 aliphatic carbocycles. The topological polar surface area (TPSA) is 83.6 Å². The molecule has 0 aliphatic heterocycles. The number of benzene rings is 1. The number of nitrogens with one attached hydrogen (secondary N) is 2. The fourth-order valence-corrected chi connectivity index (χ4v) is 1.92. The Morgan fingerprint density at radius 3 is 3.06 bits per heavy atom. The van der Waals surface area contributed by atoms with Crippen LogP contribution >= 0.6 is 15.9 Å². The van der Waals surface area contributed by atoms with Crippen LogP contribution in [0, 0.1) is 0 Å². The van der Waals surface area contributed by atoms with E-state index in [1.807, 2.05) is 24.3 Å². The van der Waals surface area contributed by atoms with Crippen molar-refractivity contribution < 1.29 is 4.79 Å². The number of hydrogen-bond acceptors (Lipinski definition) is 4. The number of aryl methyl sites for hydroxylation is 1. The molecule has 1 heterocycles. The van der Waals surface area contributed by atoms with Crippen molar-refractivity contribution >= 4 is 21.8 Å². The molecule has 0 aliphatic rings. The molecule has 0 spiro atoms. The Labute approximate surface area is 112 Å². The van der Waals surface area contributed by atoms with E-state index in [2.05, 4.69) is 41.9 Å². The zero-order chi connectivity index (χ0) is 12.8. The van der Waals surface area contributed by atoms with Gasteiger partial charge in [-0.3, -0.25) is 4.79 Å². The number of nitrogens with zero attached hydrogens (tertiary/aromatic N) is 3. The zero-order valence-electron chi connectivity index (χ0n) is 9.56.